The van der Waals surface area contributed by atoms with Gasteiger partial charge < -0.3 is 15.4 Å². The second kappa shape index (κ2) is 5.83. The summed E-state index contributed by atoms with van der Waals surface area (Å²) in [5.41, 5.74) is 1.02. The average Bonchev–Trinajstić information content (AvgIpc) is 2.92. The van der Waals surface area contributed by atoms with Crippen molar-refractivity contribution in [1.82, 2.24) is 10.6 Å². The quantitative estimate of drug-likeness (QED) is 0.881. The Balaban J connectivity index is 1.62. The van der Waals surface area contributed by atoms with E-state index in [-0.39, 0.29) is 17.9 Å². The Kier molecular flexibility index (Phi) is 3.92. The van der Waals surface area contributed by atoms with Gasteiger partial charge in [0.2, 0.25) is 5.91 Å². The summed E-state index contributed by atoms with van der Waals surface area (Å²) >= 11 is 0. The van der Waals surface area contributed by atoms with Crippen LogP contribution in [0.4, 0.5) is 0 Å². The fourth-order valence-electron chi connectivity index (χ4n) is 3.17. The highest BCUT2D eigenvalue weighted by Gasteiger charge is 2.31. The van der Waals surface area contributed by atoms with Crippen LogP contribution in [0, 0.1) is 5.92 Å². The van der Waals surface area contributed by atoms with Crippen molar-refractivity contribution in [2.45, 2.75) is 31.7 Å². The number of carbonyl (C=O) groups is 1. The minimum atomic E-state index is -0.157. The Morgan fingerprint density at radius 1 is 1.35 bits per heavy atom. The van der Waals surface area contributed by atoms with Crippen molar-refractivity contribution in [1.29, 1.82) is 0 Å². The van der Waals surface area contributed by atoms with E-state index in [2.05, 4.69) is 17.6 Å². The van der Waals surface area contributed by atoms with E-state index in [4.69, 9.17) is 4.74 Å². The van der Waals surface area contributed by atoms with E-state index in [1.165, 1.54) is 0 Å². The molecule has 0 radical (unpaired) electrons. The number of hydrogen-bond acceptors (Lipinski definition) is 3. The molecule has 20 heavy (non-hydrogen) atoms. The van der Waals surface area contributed by atoms with Crippen molar-refractivity contribution in [3.63, 3.8) is 0 Å². The summed E-state index contributed by atoms with van der Waals surface area (Å²) in [6.45, 7) is 4.69. The summed E-state index contributed by atoms with van der Waals surface area (Å²) in [7, 11) is 0. The van der Waals surface area contributed by atoms with Crippen LogP contribution in [0.25, 0.3) is 0 Å². The third-order valence-electron chi connectivity index (χ3n) is 4.48. The van der Waals surface area contributed by atoms with Crippen LogP contribution in [0.15, 0.2) is 24.3 Å². The van der Waals surface area contributed by atoms with E-state index in [0.717, 1.165) is 37.2 Å². The Bertz CT molecular complexity index is 483. The first-order valence-corrected chi connectivity index (χ1v) is 7.48. The Labute approximate surface area is 119 Å². The predicted molar refractivity (Wildman–Crippen MR) is 77.9 cm³/mol. The van der Waals surface area contributed by atoms with Crippen LogP contribution < -0.4 is 15.4 Å². The lowest BCUT2D eigenvalue weighted by Gasteiger charge is -2.29. The highest BCUT2D eigenvalue weighted by Crippen LogP contribution is 2.33. The van der Waals surface area contributed by atoms with Crippen molar-refractivity contribution in [2.24, 2.45) is 5.92 Å². The largest absolute Gasteiger partial charge is 0.492 e. The van der Waals surface area contributed by atoms with Crippen LogP contribution in [-0.4, -0.2) is 31.6 Å². The molecule has 2 unspecified atom stereocenters. The first kappa shape index (κ1) is 13.4. The van der Waals surface area contributed by atoms with E-state index in [1.54, 1.807) is 0 Å². The summed E-state index contributed by atoms with van der Waals surface area (Å²) in [6.07, 6.45) is 2.28. The number of piperidine rings is 1. The van der Waals surface area contributed by atoms with Gasteiger partial charge in [0.15, 0.2) is 0 Å². The molecule has 1 aromatic carbocycles. The van der Waals surface area contributed by atoms with Gasteiger partial charge >= 0.3 is 0 Å². The zero-order valence-electron chi connectivity index (χ0n) is 11.9. The maximum atomic E-state index is 12.5. The number of carbonyl (C=O) groups excluding carboxylic acids is 1. The van der Waals surface area contributed by atoms with E-state index in [9.17, 15) is 4.79 Å². The fourth-order valence-corrected chi connectivity index (χ4v) is 3.17. The summed E-state index contributed by atoms with van der Waals surface area (Å²) in [5, 5.41) is 6.54. The van der Waals surface area contributed by atoms with Crippen molar-refractivity contribution in [3.05, 3.63) is 29.8 Å². The summed E-state index contributed by atoms with van der Waals surface area (Å²) in [4.78, 5) is 12.5. The lowest BCUT2D eigenvalue weighted by Crippen LogP contribution is -2.44. The number of rotatable bonds is 3. The number of benzene rings is 1. The number of amides is 1. The standard InChI is InChI=1S/C16H22N2O2/c1-11(12-6-8-17-9-7-12)18-16(19)14-10-20-15-5-3-2-4-13(14)15/h2-5,11-12,14,17H,6-10H2,1H3,(H,18,19). The van der Waals surface area contributed by atoms with Gasteiger partial charge in [-0.3, -0.25) is 4.79 Å². The van der Waals surface area contributed by atoms with E-state index in [1.807, 2.05) is 24.3 Å². The van der Waals surface area contributed by atoms with Gasteiger partial charge in [-0.1, -0.05) is 18.2 Å². The van der Waals surface area contributed by atoms with Crippen molar-refractivity contribution < 1.29 is 9.53 Å². The molecular formula is C16H22N2O2. The van der Waals surface area contributed by atoms with Crippen LogP contribution in [0.5, 0.6) is 5.75 Å². The van der Waals surface area contributed by atoms with Gasteiger partial charge in [-0.2, -0.15) is 0 Å². The van der Waals surface area contributed by atoms with Gasteiger partial charge in [0.05, 0.1) is 0 Å². The monoisotopic (exact) mass is 274 g/mol. The van der Waals surface area contributed by atoms with E-state index < -0.39 is 0 Å². The SMILES string of the molecule is CC(NC(=O)C1COc2ccccc21)C1CCNCC1. The maximum Gasteiger partial charge on any atom is 0.231 e. The lowest BCUT2D eigenvalue weighted by molar-refractivity contribution is -0.123. The van der Waals surface area contributed by atoms with Crippen molar-refractivity contribution >= 4 is 5.91 Å². The van der Waals surface area contributed by atoms with Gasteiger partial charge in [0.1, 0.15) is 18.3 Å². The third-order valence-corrected chi connectivity index (χ3v) is 4.48. The normalized spacial score (nSPS) is 23.8. The van der Waals surface area contributed by atoms with Crippen LogP contribution in [-0.2, 0) is 4.79 Å². The molecule has 4 heteroatoms. The Morgan fingerprint density at radius 2 is 2.10 bits per heavy atom. The smallest absolute Gasteiger partial charge is 0.231 e. The number of nitrogens with one attached hydrogen (secondary N) is 2. The van der Waals surface area contributed by atoms with Crippen LogP contribution >= 0.6 is 0 Å². The molecule has 1 fully saturated rings. The second-order valence-electron chi connectivity index (χ2n) is 5.79. The van der Waals surface area contributed by atoms with Crippen LogP contribution in [0.3, 0.4) is 0 Å². The number of fused-ring (bicyclic) bond motifs is 1. The number of hydrogen-bond donors (Lipinski definition) is 2. The molecule has 108 valence electrons. The molecule has 0 bridgehead atoms. The molecule has 1 aromatic rings. The minimum absolute atomic E-state index is 0.0981. The molecule has 0 aromatic heterocycles. The van der Waals surface area contributed by atoms with E-state index >= 15 is 0 Å². The number of para-hydroxylation sites is 1. The molecule has 2 aliphatic heterocycles. The van der Waals surface area contributed by atoms with Crippen molar-refractivity contribution in [2.75, 3.05) is 19.7 Å². The highest BCUT2D eigenvalue weighted by atomic mass is 16.5. The number of ether oxygens (including phenoxy) is 1. The molecule has 0 spiro atoms. The molecular weight excluding hydrogens is 252 g/mol. The molecule has 1 saturated heterocycles. The van der Waals surface area contributed by atoms with Gasteiger partial charge in [-0.05, 0) is 44.8 Å². The third kappa shape index (κ3) is 2.66. The average molecular weight is 274 g/mol. The zero-order chi connectivity index (χ0) is 13.9. The second-order valence-corrected chi connectivity index (χ2v) is 5.79. The topological polar surface area (TPSA) is 50.4 Å². The van der Waals surface area contributed by atoms with Crippen LogP contribution in [0.1, 0.15) is 31.2 Å². The first-order chi connectivity index (χ1) is 9.75. The molecule has 2 N–H and O–H groups in total. The minimum Gasteiger partial charge on any atom is -0.492 e. The first-order valence-electron chi connectivity index (χ1n) is 7.48. The summed E-state index contributed by atoms with van der Waals surface area (Å²) in [5.74, 6) is 1.37. The highest BCUT2D eigenvalue weighted by molar-refractivity contribution is 5.85. The summed E-state index contributed by atoms with van der Waals surface area (Å²) in [6, 6.07) is 8.05. The Hall–Kier alpha value is -1.55. The maximum absolute atomic E-state index is 12.5. The van der Waals surface area contributed by atoms with Crippen LogP contribution in [0.2, 0.25) is 0 Å². The molecule has 2 heterocycles. The lowest BCUT2D eigenvalue weighted by atomic mass is 9.90. The van der Waals surface area contributed by atoms with Crippen molar-refractivity contribution in [3.8, 4) is 5.75 Å². The molecule has 2 atom stereocenters. The molecule has 1 amide bonds. The molecule has 0 aliphatic carbocycles. The molecule has 4 nitrogen and oxygen atoms in total. The van der Waals surface area contributed by atoms with Gasteiger partial charge in [-0.25, -0.2) is 0 Å². The zero-order valence-corrected chi connectivity index (χ0v) is 11.9. The predicted octanol–water partition coefficient (Wildman–Crippen LogP) is 1.67. The fraction of sp³-hybridized carbons (Fsp3) is 0.562. The molecule has 3 rings (SSSR count). The molecule has 0 saturated carbocycles. The van der Waals surface area contributed by atoms with Gasteiger partial charge in [-0.15, -0.1) is 0 Å². The van der Waals surface area contributed by atoms with Gasteiger partial charge in [0, 0.05) is 11.6 Å². The van der Waals surface area contributed by atoms with E-state index in [0.29, 0.717) is 12.5 Å². The molecule has 2 aliphatic rings. The van der Waals surface area contributed by atoms with Gasteiger partial charge in [0.25, 0.3) is 0 Å². The Morgan fingerprint density at radius 3 is 2.90 bits per heavy atom. The summed E-state index contributed by atoms with van der Waals surface area (Å²) < 4.78 is 5.59.